The summed E-state index contributed by atoms with van der Waals surface area (Å²) in [7, 11) is 0. The first kappa shape index (κ1) is 16.7. The Labute approximate surface area is 136 Å². The molecule has 3 rings (SSSR count). The number of hydrogen-bond donors (Lipinski definition) is 1. The molecule has 0 radical (unpaired) electrons. The van der Waals surface area contributed by atoms with Crippen LogP contribution in [-0.4, -0.2) is 43.2 Å². The van der Waals surface area contributed by atoms with Gasteiger partial charge < -0.3 is 15.4 Å². The lowest BCUT2D eigenvalue weighted by Crippen LogP contribution is -2.48. The number of nitrogens with two attached hydrogens (primary N) is 1. The van der Waals surface area contributed by atoms with Crippen molar-refractivity contribution in [1.29, 1.82) is 0 Å². The van der Waals surface area contributed by atoms with Crippen molar-refractivity contribution in [1.82, 2.24) is 4.90 Å². The maximum atomic E-state index is 12.5. The number of ether oxygens (including phenoxy) is 1. The average Bonchev–Trinajstić information content (AvgIpc) is 2.55. The van der Waals surface area contributed by atoms with Crippen molar-refractivity contribution in [3.8, 4) is 0 Å². The van der Waals surface area contributed by atoms with E-state index in [0.29, 0.717) is 32.7 Å². The van der Waals surface area contributed by atoms with Gasteiger partial charge in [-0.05, 0) is 16.3 Å². The molecule has 1 fully saturated rings. The number of carbonyl (C=O) groups is 1. The van der Waals surface area contributed by atoms with Crippen LogP contribution >= 0.6 is 12.4 Å². The molecule has 2 aromatic rings. The highest BCUT2D eigenvalue weighted by molar-refractivity contribution is 5.90. The molecule has 1 amide bonds. The number of benzene rings is 2. The van der Waals surface area contributed by atoms with Crippen molar-refractivity contribution in [3.05, 3.63) is 48.0 Å². The smallest absolute Gasteiger partial charge is 0.227 e. The molecule has 0 aromatic heterocycles. The fourth-order valence-electron chi connectivity index (χ4n) is 2.81. The van der Waals surface area contributed by atoms with E-state index >= 15 is 0 Å². The van der Waals surface area contributed by atoms with Gasteiger partial charge in [0.2, 0.25) is 5.91 Å². The summed E-state index contributed by atoms with van der Waals surface area (Å²) in [6.45, 7) is 2.28. The molecule has 1 aliphatic heterocycles. The monoisotopic (exact) mass is 320 g/mol. The van der Waals surface area contributed by atoms with Gasteiger partial charge in [-0.25, -0.2) is 0 Å². The summed E-state index contributed by atoms with van der Waals surface area (Å²) in [5.41, 5.74) is 6.71. The maximum absolute atomic E-state index is 12.5. The van der Waals surface area contributed by atoms with Crippen molar-refractivity contribution in [2.45, 2.75) is 12.5 Å². The van der Waals surface area contributed by atoms with Crippen LogP contribution in [0.4, 0.5) is 0 Å². The predicted octanol–water partition coefficient (Wildman–Crippen LogP) is 1.99. The van der Waals surface area contributed by atoms with Crippen LogP contribution in [0.5, 0.6) is 0 Å². The summed E-state index contributed by atoms with van der Waals surface area (Å²) in [4.78, 5) is 14.4. The standard InChI is InChI=1S/C17H20N2O2.ClH/c18-11-15-12-19(8-9-21-15)17(20)10-14-6-3-5-13-4-1-2-7-16(13)14;/h1-7,15H,8-12,18H2;1H. The second-order valence-corrected chi connectivity index (χ2v) is 5.38. The molecule has 118 valence electrons. The van der Waals surface area contributed by atoms with Gasteiger partial charge in [-0.1, -0.05) is 42.5 Å². The zero-order chi connectivity index (χ0) is 14.7. The van der Waals surface area contributed by atoms with E-state index in [1.54, 1.807) is 0 Å². The van der Waals surface area contributed by atoms with Crippen molar-refractivity contribution in [2.24, 2.45) is 5.73 Å². The first-order valence-electron chi connectivity index (χ1n) is 7.34. The molecule has 0 aliphatic carbocycles. The Morgan fingerprint density at radius 3 is 2.82 bits per heavy atom. The van der Waals surface area contributed by atoms with E-state index in [2.05, 4.69) is 18.2 Å². The lowest BCUT2D eigenvalue weighted by Gasteiger charge is -2.32. The second-order valence-electron chi connectivity index (χ2n) is 5.38. The van der Waals surface area contributed by atoms with E-state index in [9.17, 15) is 4.79 Å². The Hall–Kier alpha value is -1.62. The average molecular weight is 321 g/mol. The van der Waals surface area contributed by atoms with Gasteiger partial charge in [-0.3, -0.25) is 4.79 Å². The van der Waals surface area contributed by atoms with E-state index in [-0.39, 0.29) is 24.4 Å². The number of rotatable bonds is 3. The number of carbonyl (C=O) groups excluding carboxylic acids is 1. The normalized spacial score (nSPS) is 18.0. The number of halogens is 1. The molecule has 5 heteroatoms. The Kier molecular flexibility index (Phi) is 5.77. The molecule has 2 N–H and O–H groups in total. The predicted molar refractivity (Wildman–Crippen MR) is 90.3 cm³/mol. The van der Waals surface area contributed by atoms with Crippen LogP contribution in [0.25, 0.3) is 10.8 Å². The van der Waals surface area contributed by atoms with Crippen LogP contribution in [0, 0.1) is 0 Å². The SMILES string of the molecule is Cl.NCC1CN(C(=O)Cc2cccc3ccccc23)CCO1. The largest absolute Gasteiger partial charge is 0.373 e. The Bertz CT molecular complexity index is 642. The molecule has 1 heterocycles. The van der Waals surface area contributed by atoms with Gasteiger partial charge in [0, 0.05) is 19.6 Å². The molecule has 0 spiro atoms. The minimum atomic E-state index is -0.0322. The molecule has 1 saturated heterocycles. The lowest BCUT2D eigenvalue weighted by atomic mass is 10.0. The van der Waals surface area contributed by atoms with Gasteiger partial charge in [0.15, 0.2) is 0 Å². The lowest BCUT2D eigenvalue weighted by molar-refractivity contribution is -0.137. The number of morpholine rings is 1. The molecule has 1 atom stereocenters. The summed E-state index contributed by atoms with van der Waals surface area (Å²) in [5.74, 6) is 0.146. The molecular formula is C17H21ClN2O2. The fraction of sp³-hybridized carbons (Fsp3) is 0.353. The van der Waals surface area contributed by atoms with Crippen molar-refractivity contribution in [2.75, 3.05) is 26.2 Å². The fourth-order valence-corrected chi connectivity index (χ4v) is 2.81. The van der Waals surface area contributed by atoms with Gasteiger partial charge >= 0.3 is 0 Å². The Balaban J connectivity index is 0.00000176. The molecule has 2 aromatic carbocycles. The third kappa shape index (κ3) is 3.58. The van der Waals surface area contributed by atoms with E-state index < -0.39 is 0 Å². The van der Waals surface area contributed by atoms with Crippen molar-refractivity contribution >= 4 is 29.1 Å². The van der Waals surface area contributed by atoms with Gasteiger partial charge in [0.05, 0.1) is 19.1 Å². The highest BCUT2D eigenvalue weighted by Crippen LogP contribution is 2.20. The zero-order valence-corrected chi connectivity index (χ0v) is 13.2. The molecule has 1 unspecified atom stereocenters. The van der Waals surface area contributed by atoms with Crippen LogP contribution in [0.3, 0.4) is 0 Å². The highest BCUT2D eigenvalue weighted by Gasteiger charge is 2.23. The summed E-state index contributed by atoms with van der Waals surface area (Å²) >= 11 is 0. The molecular weight excluding hydrogens is 300 g/mol. The van der Waals surface area contributed by atoms with E-state index in [4.69, 9.17) is 10.5 Å². The summed E-state index contributed by atoms with van der Waals surface area (Å²) in [6.07, 6.45) is 0.397. The molecule has 0 bridgehead atoms. The maximum Gasteiger partial charge on any atom is 0.227 e. The summed E-state index contributed by atoms with van der Waals surface area (Å²) < 4.78 is 5.51. The zero-order valence-electron chi connectivity index (χ0n) is 12.4. The molecule has 22 heavy (non-hydrogen) atoms. The van der Waals surface area contributed by atoms with E-state index in [1.165, 1.54) is 5.39 Å². The van der Waals surface area contributed by atoms with Crippen LogP contribution in [0.15, 0.2) is 42.5 Å². The third-order valence-corrected chi connectivity index (χ3v) is 3.98. The van der Waals surface area contributed by atoms with Crippen LogP contribution in [0.1, 0.15) is 5.56 Å². The summed E-state index contributed by atoms with van der Waals surface area (Å²) in [5, 5.41) is 2.32. The topological polar surface area (TPSA) is 55.6 Å². The highest BCUT2D eigenvalue weighted by atomic mass is 35.5. The number of hydrogen-bond acceptors (Lipinski definition) is 3. The minimum Gasteiger partial charge on any atom is -0.373 e. The Morgan fingerprint density at radius 1 is 1.23 bits per heavy atom. The van der Waals surface area contributed by atoms with E-state index in [1.807, 2.05) is 29.2 Å². The number of nitrogens with zero attached hydrogens (tertiary/aromatic N) is 1. The van der Waals surface area contributed by atoms with Gasteiger partial charge in [0.25, 0.3) is 0 Å². The number of amides is 1. The number of fused-ring (bicyclic) bond motifs is 1. The van der Waals surface area contributed by atoms with Crippen molar-refractivity contribution < 1.29 is 9.53 Å². The molecule has 1 aliphatic rings. The second kappa shape index (κ2) is 7.58. The Morgan fingerprint density at radius 2 is 2.00 bits per heavy atom. The van der Waals surface area contributed by atoms with Crippen LogP contribution < -0.4 is 5.73 Å². The summed E-state index contributed by atoms with van der Waals surface area (Å²) in [6, 6.07) is 14.3. The third-order valence-electron chi connectivity index (χ3n) is 3.98. The van der Waals surface area contributed by atoms with Crippen LogP contribution in [0.2, 0.25) is 0 Å². The molecule has 0 saturated carbocycles. The van der Waals surface area contributed by atoms with Gasteiger partial charge in [0.1, 0.15) is 0 Å². The first-order valence-corrected chi connectivity index (χ1v) is 7.34. The van der Waals surface area contributed by atoms with Crippen molar-refractivity contribution in [3.63, 3.8) is 0 Å². The van der Waals surface area contributed by atoms with Gasteiger partial charge in [-0.15, -0.1) is 12.4 Å². The minimum absolute atomic E-state index is 0. The van der Waals surface area contributed by atoms with E-state index in [0.717, 1.165) is 10.9 Å². The molecule has 4 nitrogen and oxygen atoms in total. The quantitative estimate of drug-likeness (QED) is 0.941. The first-order chi connectivity index (χ1) is 10.3. The van der Waals surface area contributed by atoms with Gasteiger partial charge in [-0.2, -0.15) is 0 Å². The van der Waals surface area contributed by atoms with Crippen LogP contribution in [-0.2, 0) is 16.0 Å².